The molecule has 0 saturated heterocycles. The topological polar surface area (TPSA) is 61.0 Å². The Morgan fingerprint density at radius 3 is 2.95 bits per heavy atom. The van der Waals surface area contributed by atoms with E-state index in [0.717, 1.165) is 36.1 Å². The van der Waals surface area contributed by atoms with E-state index in [1.165, 1.54) is 0 Å². The van der Waals surface area contributed by atoms with E-state index in [4.69, 9.17) is 22.1 Å². The standard InChI is InChI=1S/C14H14ClN3O/c15-11-6-9(7-16)4-5-13(11)19-14-10-2-1-3-12(10)17-8-18-14/h4-6,8H,1-3,7,16H2. The van der Waals surface area contributed by atoms with Gasteiger partial charge in [-0.15, -0.1) is 0 Å². The number of aryl methyl sites for hydroxylation is 1. The summed E-state index contributed by atoms with van der Waals surface area (Å²) in [5.74, 6) is 1.22. The number of ether oxygens (including phenoxy) is 1. The maximum Gasteiger partial charge on any atom is 0.225 e. The number of hydrogen-bond acceptors (Lipinski definition) is 4. The highest BCUT2D eigenvalue weighted by molar-refractivity contribution is 6.32. The van der Waals surface area contributed by atoms with Gasteiger partial charge >= 0.3 is 0 Å². The predicted molar refractivity (Wildman–Crippen MR) is 73.5 cm³/mol. The molecule has 1 aliphatic rings. The van der Waals surface area contributed by atoms with Gasteiger partial charge in [-0.25, -0.2) is 9.97 Å². The lowest BCUT2D eigenvalue weighted by Gasteiger charge is -2.10. The van der Waals surface area contributed by atoms with Gasteiger partial charge < -0.3 is 10.5 Å². The van der Waals surface area contributed by atoms with Gasteiger partial charge in [0.2, 0.25) is 5.88 Å². The Morgan fingerprint density at radius 1 is 1.26 bits per heavy atom. The molecule has 0 saturated carbocycles. The molecule has 1 aromatic carbocycles. The molecule has 2 aromatic rings. The summed E-state index contributed by atoms with van der Waals surface area (Å²) in [4.78, 5) is 8.48. The summed E-state index contributed by atoms with van der Waals surface area (Å²) in [6.07, 6.45) is 4.60. The number of aromatic nitrogens is 2. The Hall–Kier alpha value is -1.65. The second kappa shape index (κ2) is 5.15. The van der Waals surface area contributed by atoms with Crippen molar-refractivity contribution in [2.45, 2.75) is 25.8 Å². The van der Waals surface area contributed by atoms with Crippen molar-refractivity contribution in [2.75, 3.05) is 0 Å². The van der Waals surface area contributed by atoms with Crippen molar-refractivity contribution in [3.63, 3.8) is 0 Å². The van der Waals surface area contributed by atoms with E-state index < -0.39 is 0 Å². The van der Waals surface area contributed by atoms with Crippen molar-refractivity contribution in [3.8, 4) is 11.6 Å². The minimum absolute atomic E-state index is 0.461. The van der Waals surface area contributed by atoms with Gasteiger partial charge in [-0.1, -0.05) is 17.7 Å². The second-order valence-electron chi connectivity index (χ2n) is 4.53. The van der Waals surface area contributed by atoms with Crippen LogP contribution in [0, 0.1) is 0 Å². The number of rotatable bonds is 3. The first-order valence-electron chi connectivity index (χ1n) is 6.27. The number of nitrogens with two attached hydrogens (primary N) is 1. The minimum atomic E-state index is 0.461. The Kier molecular flexibility index (Phi) is 3.36. The van der Waals surface area contributed by atoms with E-state index in [9.17, 15) is 0 Å². The maximum absolute atomic E-state index is 6.19. The molecule has 0 radical (unpaired) electrons. The molecular formula is C14H14ClN3O. The van der Waals surface area contributed by atoms with Crippen LogP contribution in [-0.2, 0) is 19.4 Å². The van der Waals surface area contributed by atoms with Crippen LogP contribution in [0.2, 0.25) is 5.02 Å². The zero-order chi connectivity index (χ0) is 13.2. The lowest BCUT2D eigenvalue weighted by molar-refractivity contribution is 0.455. The smallest absolute Gasteiger partial charge is 0.225 e. The van der Waals surface area contributed by atoms with Crippen LogP contribution in [0.5, 0.6) is 11.6 Å². The van der Waals surface area contributed by atoms with Crippen LogP contribution in [-0.4, -0.2) is 9.97 Å². The summed E-state index contributed by atoms with van der Waals surface area (Å²) in [5, 5.41) is 0.549. The van der Waals surface area contributed by atoms with E-state index in [0.29, 0.717) is 23.2 Å². The van der Waals surface area contributed by atoms with Crippen LogP contribution in [0.15, 0.2) is 24.5 Å². The van der Waals surface area contributed by atoms with Crippen LogP contribution >= 0.6 is 11.6 Å². The van der Waals surface area contributed by atoms with Crippen LogP contribution in [0.3, 0.4) is 0 Å². The average molecular weight is 276 g/mol. The molecule has 19 heavy (non-hydrogen) atoms. The van der Waals surface area contributed by atoms with Crippen LogP contribution in [0.1, 0.15) is 23.2 Å². The number of halogens is 1. The fourth-order valence-electron chi connectivity index (χ4n) is 2.28. The Bertz CT molecular complexity index is 616. The Labute approximate surface area is 116 Å². The first-order valence-corrected chi connectivity index (χ1v) is 6.65. The highest BCUT2D eigenvalue weighted by Crippen LogP contribution is 2.33. The van der Waals surface area contributed by atoms with Crippen molar-refractivity contribution in [2.24, 2.45) is 5.73 Å². The molecule has 0 spiro atoms. The minimum Gasteiger partial charge on any atom is -0.437 e. The molecule has 1 aromatic heterocycles. The number of hydrogen-bond donors (Lipinski definition) is 1. The van der Waals surface area contributed by atoms with Gasteiger partial charge in [-0.2, -0.15) is 0 Å². The predicted octanol–water partition coefficient (Wildman–Crippen LogP) is 2.87. The first-order chi connectivity index (χ1) is 9.28. The van der Waals surface area contributed by atoms with Gasteiger partial charge in [0.25, 0.3) is 0 Å². The average Bonchev–Trinajstić information content (AvgIpc) is 2.90. The van der Waals surface area contributed by atoms with Gasteiger partial charge in [0.15, 0.2) is 0 Å². The molecule has 2 N–H and O–H groups in total. The van der Waals surface area contributed by atoms with Gasteiger partial charge in [-0.05, 0) is 37.0 Å². The number of fused-ring (bicyclic) bond motifs is 1. The van der Waals surface area contributed by atoms with Gasteiger partial charge in [0.1, 0.15) is 12.1 Å². The molecule has 4 nitrogen and oxygen atoms in total. The van der Waals surface area contributed by atoms with E-state index in [1.807, 2.05) is 18.2 Å². The quantitative estimate of drug-likeness (QED) is 0.936. The number of nitrogens with zero attached hydrogens (tertiary/aromatic N) is 2. The van der Waals surface area contributed by atoms with Crippen molar-refractivity contribution in [3.05, 3.63) is 46.4 Å². The molecule has 1 heterocycles. The van der Waals surface area contributed by atoms with Gasteiger partial charge in [0.05, 0.1) is 10.7 Å². The summed E-state index contributed by atoms with van der Waals surface area (Å²) in [6, 6.07) is 5.55. The zero-order valence-corrected chi connectivity index (χ0v) is 11.2. The van der Waals surface area contributed by atoms with Crippen molar-refractivity contribution < 1.29 is 4.74 Å². The van der Waals surface area contributed by atoms with Gasteiger partial charge in [-0.3, -0.25) is 0 Å². The fraction of sp³-hybridized carbons (Fsp3) is 0.286. The van der Waals surface area contributed by atoms with Crippen molar-refractivity contribution in [1.29, 1.82) is 0 Å². The largest absolute Gasteiger partial charge is 0.437 e. The monoisotopic (exact) mass is 275 g/mol. The third-order valence-electron chi connectivity index (χ3n) is 3.27. The maximum atomic E-state index is 6.19. The van der Waals surface area contributed by atoms with Crippen LogP contribution in [0.4, 0.5) is 0 Å². The lowest BCUT2D eigenvalue weighted by Crippen LogP contribution is -1.99. The third-order valence-corrected chi connectivity index (χ3v) is 3.57. The molecule has 5 heteroatoms. The third kappa shape index (κ3) is 2.41. The second-order valence-corrected chi connectivity index (χ2v) is 4.94. The van der Waals surface area contributed by atoms with Crippen LogP contribution in [0.25, 0.3) is 0 Å². The first kappa shape index (κ1) is 12.4. The summed E-state index contributed by atoms with van der Waals surface area (Å²) in [6.45, 7) is 0.461. The highest BCUT2D eigenvalue weighted by atomic mass is 35.5. The molecule has 0 fully saturated rings. The molecule has 0 bridgehead atoms. The number of benzene rings is 1. The highest BCUT2D eigenvalue weighted by Gasteiger charge is 2.19. The normalized spacial score (nSPS) is 13.4. The SMILES string of the molecule is NCc1ccc(Oc2ncnc3c2CCC3)c(Cl)c1. The molecule has 98 valence electrons. The molecule has 0 unspecified atom stereocenters. The van der Waals surface area contributed by atoms with E-state index in [-0.39, 0.29) is 0 Å². The van der Waals surface area contributed by atoms with E-state index in [1.54, 1.807) is 6.33 Å². The summed E-state index contributed by atoms with van der Waals surface area (Å²) in [7, 11) is 0. The molecule has 3 rings (SSSR count). The molecular weight excluding hydrogens is 262 g/mol. The van der Waals surface area contributed by atoms with Crippen molar-refractivity contribution in [1.82, 2.24) is 9.97 Å². The molecule has 0 atom stereocenters. The van der Waals surface area contributed by atoms with Crippen molar-refractivity contribution >= 4 is 11.6 Å². The summed E-state index contributed by atoms with van der Waals surface area (Å²) < 4.78 is 5.83. The van der Waals surface area contributed by atoms with E-state index >= 15 is 0 Å². The summed E-state index contributed by atoms with van der Waals surface area (Å²) >= 11 is 6.19. The van der Waals surface area contributed by atoms with E-state index in [2.05, 4.69) is 9.97 Å². The van der Waals surface area contributed by atoms with Gasteiger partial charge in [0, 0.05) is 12.1 Å². The Balaban J connectivity index is 1.92. The van der Waals surface area contributed by atoms with Crippen LogP contribution < -0.4 is 10.5 Å². The summed E-state index contributed by atoms with van der Waals surface area (Å²) in [5.41, 5.74) is 8.73. The molecule has 0 amide bonds. The fourth-order valence-corrected chi connectivity index (χ4v) is 2.52. The zero-order valence-electron chi connectivity index (χ0n) is 10.4. The lowest BCUT2D eigenvalue weighted by atomic mass is 10.2. The Morgan fingerprint density at radius 2 is 2.16 bits per heavy atom. The molecule has 1 aliphatic carbocycles. The molecule has 0 aliphatic heterocycles.